The minimum atomic E-state index is -0.442. The van der Waals surface area contributed by atoms with Gasteiger partial charge in [0.05, 0.1) is 23.9 Å². The summed E-state index contributed by atoms with van der Waals surface area (Å²) in [5.41, 5.74) is 1.91. The lowest BCUT2D eigenvalue weighted by atomic mass is 10.2. The number of hydrogen-bond acceptors (Lipinski definition) is 6. The average Bonchev–Trinajstić information content (AvgIpc) is 3.15. The molecule has 2 aromatic rings. The Morgan fingerprint density at radius 1 is 1.48 bits per heavy atom. The first-order valence-electron chi connectivity index (χ1n) is 7.39. The van der Waals surface area contributed by atoms with Crippen LogP contribution in [0.4, 0.5) is 17.1 Å². The molecule has 3 rings (SSSR count). The molecule has 0 saturated carbocycles. The van der Waals surface area contributed by atoms with Gasteiger partial charge in [-0.3, -0.25) is 14.8 Å². The number of nitro benzene ring substituents is 1. The van der Waals surface area contributed by atoms with Gasteiger partial charge in [-0.2, -0.15) is 5.10 Å². The predicted molar refractivity (Wildman–Crippen MR) is 87.1 cm³/mol. The van der Waals surface area contributed by atoms with E-state index in [1.54, 1.807) is 16.8 Å². The van der Waals surface area contributed by atoms with E-state index in [1.165, 1.54) is 13.2 Å². The Balaban J connectivity index is 1.67. The molecule has 8 heteroatoms. The third-order valence-corrected chi connectivity index (χ3v) is 3.99. The number of aryl methyl sites for hydroxylation is 1. The molecule has 8 nitrogen and oxygen atoms in total. The van der Waals surface area contributed by atoms with Crippen LogP contribution in [0.5, 0.6) is 5.75 Å². The summed E-state index contributed by atoms with van der Waals surface area (Å²) < 4.78 is 6.89. The Morgan fingerprint density at radius 3 is 2.96 bits per heavy atom. The fourth-order valence-corrected chi connectivity index (χ4v) is 2.84. The van der Waals surface area contributed by atoms with E-state index in [2.05, 4.69) is 15.3 Å². The third-order valence-electron chi connectivity index (χ3n) is 3.99. The van der Waals surface area contributed by atoms with Gasteiger partial charge in [0, 0.05) is 50.2 Å². The number of nitrogens with zero attached hydrogens (tertiary/aromatic N) is 4. The molecule has 2 heterocycles. The number of nitro groups is 1. The van der Waals surface area contributed by atoms with Gasteiger partial charge in [-0.15, -0.1) is 0 Å². The minimum Gasteiger partial charge on any atom is -0.490 e. The Hall–Kier alpha value is -2.77. The number of rotatable bonds is 5. The molecule has 0 bridgehead atoms. The van der Waals surface area contributed by atoms with Gasteiger partial charge in [-0.25, -0.2) is 0 Å². The topological polar surface area (TPSA) is 85.5 Å². The Kier molecular flexibility index (Phi) is 4.05. The summed E-state index contributed by atoms with van der Waals surface area (Å²) in [7, 11) is 3.34. The molecule has 0 spiro atoms. The molecule has 1 saturated heterocycles. The van der Waals surface area contributed by atoms with Crippen LogP contribution in [-0.2, 0) is 7.05 Å². The highest BCUT2D eigenvalue weighted by Crippen LogP contribution is 2.30. The molecule has 0 radical (unpaired) electrons. The number of nitrogens with one attached hydrogen (secondary N) is 1. The van der Waals surface area contributed by atoms with Crippen molar-refractivity contribution in [3.05, 3.63) is 40.7 Å². The number of anilines is 2. The highest BCUT2D eigenvalue weighted by Gasteiger charge is 2.24. The molecular formula is C15H19N5O3. The number of methoxy groups -OCH3 is 1. The van der Waals surface area contributed by atoms with Crippen molar-refractivity contribution in [2.45, 2.75) is 12.5 Å². The molecule has 1 aliphatic rings. The van der Waals surface area contributed by atoms with Crippen molar-refractivity contribution in [3.63, 3.8) is 0 Å². The zero-order valence-corrected chi connectivity index (χ0v) is 13.1. The maximum atomic E-state index is 10.9. The first kappa shape index (κ1) is 15.1. The Morgan fingerprint density at radius 2 is 2.30 bits per heavy atom. The molecule has 0 aliphatic carbocycles. The van der Waals surface area contributed by atoms with Gasteiger partial charge >= 0.3 is 5.69 Å². The number of hydrogen-bond donors (Lipinski definition) is 1. The van der Waals surface area contributed by atoms with Gasteiger partial charge in [-0.1, -0.05) is 0 Å². The van der Waals surface area contributed by atoms with Gasteiger partial charge < -0.3 is 15.0 Å². The summed E-state index contributed by atoms with van der Waals surface area (Å²) in [5, 5.41) is 18.5. The monoisotopic (exact) mass is 317 g/mol. The van der Waals surface area contributed by atoms with Crippen LogP contribution in [-0.4, -0.2) is 40.9 Å². The molecule has 23 heavy (non-hydrogen) atoms. The second kappa shape index (κ2) is 6.15. The molecule has 1 aromatic heterocycles. The molecule has 1 N–H and O–H groups in total. The zero-order chi connectivity index (χ0) is 16.4. The largest absolute Gasteiger partial charge is 0.490 e. The summed E-state index contributed by atoms with van der Waals surface area (Å²) in [6, 6.07) is 5.13. The van der Waals surface area contributed by atoms with Gasteiger partial charge in [-0.05, 0) is 12.5 Å². The Labute approximate surface area is 133 Å². The highest BCUT2D eigenvalue weighted by molar-refractivity contribution is 5.58. The van der Waals surface area contributed by atoms with Crippen LogP contribution in [0, 0.1) is 10.1 Å². The van der Waals surface area contributed by atoms with Gasteiger partial charge in [0.15, 0.2) is 5.75 Å². The molecule has 122 valence electrons. The summed E-state index contributed by atoms with van der Waals surface area (Å²) in [6.45, 7) is 1.82. The van der Waals surface area contributed by atoms with Crippen LogP contribution in [0.3, 0.4) is 0 Å². The average molecular weight is 317 g/mol. The van der Waals surface area contributed by atoms with Crippen LogP contribution < -0.4 is 15.0 Å². The minimum absolute atomic E-state index is 0.0264. The summed E-state index contributed by atoms with van der Waals surface area (Å²) in [5.74, 6) is 0.266. The van der Waals surface area contributed by atoms with E-state index in [0.717, 1.165) is 30.9 Å². The number of ether oxygens (including phenoxy) is 1. The van der Waals surface area contributed by atoms with Crippen molar-refractivity contribution in [3.8, 4) is 5.75 Å². The molecule has 1 aliphatic heterocycles. The van der Waals surface area contributed by atoms with Crippen molar-refractivity contribution in [2.24, 2.45) is 7.05 Å². The Bertz CT molecular complexity index is 715. The molecule has 1 atom stereocenters. The lowest BCUT2D eigenvalue weighted by Crippen LogP contribution is -2.25. The maximum Gasteiger partial charge on any atom is 0.311 e. The lowest BCUT2D eigenvalue weighted by Gasteiger charge is -2.17. The summed E-state index contributed by atoms with van der Waals surface area (Å²) in [6.07, 6.45) is 4.85. The fourth-order valence-electron chi connectivity index (χ4n) is 2.84. The standard InChI is InChI=1S/C15H19N5O3/c1-18-10-13(8-16-18)19-6-5-12(9-19)17-11-3-4-14(20(21)22)15(7-11)23-2/h3-4,7-8,10,12,17H,5-6,9H2,1-2H3/t12-/m1/s1. The smallest absolute Gasteiger partial charge is 0.311 e. The molecular weight excluding hydrogens is 298 g/mol. The lowest BCUT2D eigenvalue weighted by molar-refractivity contribution is -0.385. The van der Waals surface area contributed by atoms with E-state index < -0.39 is 4.92 Å². The van der Waals surface area contributed by atoms with Gasteiger partial charge in [0.1, 0.15) is 0 Å². The number of aromatic nitrogens is 2. The van der Waals surface area contributed by atoms with E-state index in [4.69, 9.17) is 4.74 Å². The first-order valence-corrected chi connectivity index (χ1v) is 7.39. The van der Waals surface area contributed by atoms with Crippen LogP contribution in [0.25, 0.3) is 0 Å². The zero-order valence-electron chi connectivity index (χ0n) is 13.1. The van der Waals surface area contributed by atoms with Crippen LogP contribution in [0.1, 0.15) is 6.42 Å². The van der Waals surface area contributed by atoms with Crippen molar-refractivity contribution < 1.29 is 9.66 Å². The van der Waals surface area contributed by atoms with Gasteiger partial charge in [0.25, 0.3) is 0 Å². The van der Waals surface area contributed by atoms with E-state index in [1.807, 2.05) is 19.4 Å². The van der Waals surface area contributed by atoms with E-state index in [-0.39, 0.29) is 17.5 Å². The van der Waals surface area contributed by atoms with Gasteiger partial charge in [0.2, 0.25) is 0 Å². The quantitative estimate of drug-likeness (QED) is 0.671. The normalized spacial score (nSPS) is 17.3. The van der Waals surface area contributed by atoms with E-state index in [0.29, 0.717) is 0 Å². The van der Waals surface area contributed by atoms with Crippen LogP contribution in [0.2, 0.25) is 0 Å². The molecule has 0 amide bonds. The summed E-state index contributed by atoms with van der Waals surface area (Å²) >= 11 is 0. The van der Waals surface area contributed by atoms with Crippen molar-refractivity contribution >= 4 is 17.1 Å². The van der Waals surface area contributed by atoms with E-state index in [9.17, 15) is 10.1 Å². The van der Waals surface area contributed by atoms with E-state index >= 15 is 0 Å². The van der Waals surface area contributed by atoms with Crippen LogP contribution >= 0.6 is 0 Å². The maximum absolute atomic E-state index is 10.9. The first-order chi connectivity index (χ1) is 11.1. The molecule has 0 unspecified atom stereocenters. The molecule has 1 fully saturated rings. The predicted octanol–water partition coefficient (Wildman–Crippen LogP) is 2.03. The number of benzene rings is 1. The van der Waals surface area contributed by atoms with Crippen molar-refractivity contribution in [1.82, 2.24) is 9.78 Å². The fraction of sp³-hybridized carbons (Fsp3) is 0.400. The second-order valence-electron chi connectivity index (χ2n) is 5.59. The SMILES string of the molecule is COc1cc(N[C@@H]2CCN(c3cnn(C)c3)C2)ccc1[N+](=O)[O-]. The van der Waals surface area contributed by atoms with Crippen molar-refractivity contribution in [2.75, 3.05) is 30.4 Å². The van der Waals surface area contributed by atoms with Crippen LogP contribution in [0.15, 0.2) is 30.6 Å². The molecule has 1 aromatic carbocycles. The second-order valence-corrected chi connectivity index (χ2v) is 5.59. The third kappa shape index (κ3) is 3.20. The van der Waals surface area contributed by atoms with Crippen molar-refractivity contribution in [1.29, 1.82) is 0 Å². The summed E-state index contributed by atoms with van der Waals surface area (Å²) in [4.78, 5) is 12.8. The highest BCUT2D eigenvalue weighted by atomic mass is 16.6.